The van der Waals surface area contributed by atoms with Crippen LogP contribution < -0.4 is 0 Å². The predicted molar refractivity (Wildman–Crippen MR) is 59.5 cm³/mol. The lowest BCUT2D eigenvalue weighted by Crippen LogP contribution is -2.30. The van der Waals surface area contributed by atoms with Crippen molar-refractivity contribution in [3.8, 4) is 6.07 Å². The summed E-state index contributed by atoms with van der Waals surface area (Å²) in [4.78, 5) is 11.2. The van der Waals surface area contributed by atoms with Gasteiger partial charge < -0.3 is 14.6 Å². The van der Waals surface area contributed by atoms with Gasteiger partial charge in [-0.1, -0.05) is 12.2 Å². The van der Waals surface area contributed by atoms with Crippen molar-refractivity contribution in [3.63, 3.8) is 0 Å². The molecule has 0 aromatic rings. The second kappa shape index (κ2) is 5.43. The maximum Gasteiger partial charge on any atom is 0.348 e. The molecular formula is C12H13NO4. The van der Waals surface area contributed by atoms with E-state index in [9.17, 15) is 9.90 Å². The summed E-state index contributed by atoms with van der Waals surface area (Å²) in [5.41, 5.74) is 0.492. The number of ether oxygens (including phenoxy) is 2. The average molecular weight is 235 g/mol. The maximum absolute atomic E-state index is 11.2. The fraction of sp³-hybridized carbons (Fsp3) is 0.333. The first-order valence-corrected chi connectivity index (χ1v) is 4.90. The zero-order valence-electron chi connectivity index (χ0n) is 9.64. The Hall–Kier alpha value is -1.90. The average Bonchev–Trinajstić information content (AvgIpc) is 2.35. The molecule has 0 radical (unpaired) electrons. The minimum atomic E-state index is -1.39. The number of methoxy groups -OCH3 is 2. The number of carbonyl (C=O) groups excluding carboxylic acids is 1. The number of aliphatic hydroxyl groups is 1. The van der Waals surface area contributed by atoms with Crippen molar-refractivity contribution in [2.75, 3.05) is 14.2 Å². The molecule has 17 heavy (non-hydrogen) atoms. The van der Waals surface area contributed by atoms with Crippen LogP contribution in [0.1, 0.15) is 6.42 Å². The van der Waals surface area contributed by atoms with Crippen LogP contribution >= 0.6 is 0 Å². The molecule has 0 saturated heterocycles. The second-order valence-electron chi connectivity index (χ2n) is 3.49. The van der Waals surface area contributed by atoms with Gasteiger partial charge in [0.15, 0.2) is 5.79 Å². The lowest BCUT2D eigenvalue weighted by Gasteiger charge is -2.25. The molecule has 1 atom stereocenters. The molecule has 90 valence electrons. The Morgan fingerprint density at radius 3 is 2.88 bits per heavy atom. The quantitative estimate of drug-likeness (QED) is 0.339. The highest BCUT2D eigenvalue weighted by Crippen LogP contribution is 2.25. The summed E-state index contributed by atoms with van der Waals surface area (Å²) >= 11 is 0. The van der Waals surface area contributed by atoms with Gasteiger partial charge in [-0.25, -0.2) is 4.79 Å². The lowest BCUT2D eigenvalue weighted by molar-refractivity contribution is -0.144. The zero-order valence-corrected chi connectivity index (χ0v) is 9.64. The number of carbonyl (C=O) groups is 1. The summed E-state index contributed by atoms with van der Waals surface area (Å²) in [5.74, 6) is -2.10. The van der Waals surface area contributed by atoms with E-state index in [1.807, 2.05) is 0 Å². The molecule has 0 aliphatic heterocycles. The first-order valence-electron chi connectivity index (χ1n) is 4.90. The highest BCUT2D eigenvalue weighted by atomic mass is 16.6. The van der Waals surface area contributed by atoms with Crippen molar-refractivity contribution in [2.45, 2.75) is 12.2 Å². The van der Waals surface area contributed by atoms with E-state index < -0.39 is 11.8 Å². The fourth-order valence-electron chi connectivity index (χ4n) is 1.40. The second-order valence-corrected chi connectivity index (χ2v) is 3.49. The molecule has 1 aliphatic carbocycles. The van der Waals surface area contributed by atoms with E-state index in [1.165, 1.54) is 26.4 Å². The summed E-state index contributed by atoms with van der Waals surface area (Å²) < 4.78 is 9.36. The Balaban J connectivity index is 2.93. The summed E-state index contributed by atoms with van der Waals surface area (Å²) in [6.07, 6.45) is 6.33. The molecule has 0 aromatic heterocycles. The van der Waals surface area contributed by atoms with E-state index >= 15 is 0 Å². The van der Waals surface area contributed by atoms with E-state index in [1.54, 1.807) is 18.2 Å². The van der Waals surface area contributed by atoms with Crippen LogP contribution in [0, 0.1) is 11.3 Å². The number of esters is 1. The third-order valence-corrected chi connectivity index (χ3v) is 2.33. The van der Waals surface area contributed by atoms with E-state index in [-0.39, 0.29) is 12.0 Å². The zero-order chi connectivity index (χ0) is 12.9. The topological polar surface area (TPSA) is 79.6 Å². The third kappa shape index (κ3) is 3.28. The van der Waals surface area contributed by atoms with E-state index in [0.717, 1.165) is 0 Å². The molecule has 0 saturated carbocycles. The monoisotopic (exact) mass is 235 g/mol. The van der Waals surface area contributed by atoms with Crippen LogP contribution in [0.5, 0.6) is 0 Å². The molecule has 1 N–H and O–H groups in total. The van der Waals surface area contributed by atoms with Gasteiger partial charge in [0.25, 0.3) is 0 Å². The smallest absolute Gasteiger partial charge is 0.348 e. The highest BCUT2D eigenvalue weighted by Gasteiger charge is 2.26. The van der Waals surface area contributed by atoms with Gasteiger partial charge in [-0.3, -0.25) is 0 Å². The van der Waals surface area contributed by atoms with Crippen LogP contribution in [0.15, 0.2) is 35.5 Å². The molecular weight excluding hydrogens is 222 g/mol. The first-order chi connectivity index (χ1) is 8.04. The van der Waals surface area contributed by atoms with Crippen molar-refractivity contribution in [3.05, 3.63) is 35.5 Å². The molecule has 0 fully saturated rings. The van der Waals surface area contributed by atoms with Crippen LogP contribution in [0.3, 0.4) is 0 Å². The van der Waals surface area contributed by atoms with E-state index in [0.29, 0.717) is 5.57 Å². The molecule has 1 aliphatic rings. The Morgan fingerprint density at radius 2 is 2.35 bits per heavy atom. The largest absolute Gasteiger partial charge is 0.465 e. The van der Waals surface area contributed by atoms with E-state index in [2.05, 4.69) is 4.74 Å². The minimum absolute atomic E-state index is 0.118. The van der Waals surface area contributed by atoms with Crippen molar-refractivity contribution in [1.82, 2.24) is 0 Å². The summed E-state index contributed by atoms with van der Waals surface area (Å²) in [7, 11) is 2.58. The number of nitriles is 1. The van der Waals surface area contributed by atoms with Crippen LogP contribution in [0.25, 0.3) is 0 Å². The number of hydrogen-bond donors (Lipinski definition) is 1. The van der Waals surface area contributed by atoms with Crippen molar-refractivity contribution in [1.29, 1.82) is 5.26 Å². The van der Waals surface area contributed by atoms with Crippen LogP contribution in [0.2, 0.25) is 0 Å². The van der Waals surface area contributed by atoms with Gasteiger partial charge in [0.2, 0.25) is 0 Å². The van der Waals surface area contributed by atoms with Crippen LogP contribution in [0.4, 0.5) is 0 Å². The number of nitrogens with zero attached hydrogens (tertiary/aromatic N) is 1. The molecule has 0 bridgehead atoms. The molecule has 0 heterocycles. The van der Waals surface area contributed by atoms with Crippen molar-refractivity contribution in [2.24, 2.45) is 0 Å². The van der Waals surface area contributed by atoms with E-state index in [4.69, 9.17) is 10.00 Å². The Bertz CT molecular complexity index is 442. The SMILES string of the molecule is COC(=O)C(C#N)=CC1=CC=CC(O)(OC)C1. The fourth-order valence-corrected chi connectivity index (χ4v) is 1.40. The van der Waals surface area contributed by atoms with Gasteiger partial charge in [0.05, 0.1) is 7.11 Å². The van der Waals surface area contributed by atoms with Crippen LogP contribution in [-0.2, 0) is 14.3 Å². The highest BCUT2D eigenvalue weighted by molar-refractivity contribution is 5.93. The third-order valence-electron chi connectivity index (χ3n) is 2.33. The van der Waals surface area contributed by atoms with Gasteiger partial charge in [-0.15, -0.1) is 0 Å². The van der Waals surface area contributed by atoms with Gasteiger partial charge in [0, 0.05) is 13.5 Å². The molecule has 0 aromatic carbocycles. The van der Waals surface area contributed by atoms with Crippen molar-refractivity contribution >= 4 is 5.97 Å². The summed E-state index contributed by atoms with van der Waals surface area (Å²) in [5, 5.41) is 18.6. The molecule has 0 amide bonds. The van der Waals surface area contributed by atoms with Gasteiger partial charge in [-0.05, 0) is 17.7 Å². The Kier molecular flexibility index (Phi) is 4.21. The summed E-state index contributed by atoms with van der Waals surface area (Å²) in [6, 6.07) is 1.74. The molecule has 5 nitrogen and oxygen atoms in total. The molecule has 5 heteroatoms. The number of rotatable bonds is 3. The lowest BCUT2D eigenvalue weighted by atomic mass is 9.97. The van der Waals surface area contributed by atoms with Gasteiger partial charge in [-0.2, -0.15) is 5.26 Å². The van der Waals surface area contributed by atoms with Crippen molar-refractivity contribution < 1.29 is 19.4 Å². The molecule has 0 spiro atoms. The molecule has 1 unspecified atom stereocenters. The van der Waals surface area contributed by atoms with Crippen LogP contribution in [-0.4, -0.2) is 31.1 Å². The predicted octanol–water partition coefficient (Wildman–Crippen LogP) is 0.831. The standard InChI is InChI=1S/C12H13NO4/c1-16-11(14)10(8-13)6-9-4-3-5-12(15,7-9)17-2/h3-6,15H,7H2,1-2H3. The number of hydrogen-bond acceptors (Lipinski definition) is 5. The maximum atomic E-state index is 11.2. The normalized spacial score (nSPS) is 23.9. The Labute approximate surface area is 99.3 Å². The van der Waals surface area contributed by atoms with Gasteiger partial charge >= 0.3 is 5.97 Å². The number of allylic oxidation sites excluding steroid dienone is 3. The molecule has 1 rings (SSSR count). The first kappa shape index (κ1) is 13.2. The minimum Gasteiger partial charge on any atom is -0.465 e. The Morgan fingerprint density at radius 1 is 1.65 bits per heavy atom. The summed E-state index contributed by atoms with van der Waals surface area (Å²) in [6.45, 7) is 0. The van der Waals surface area contributed by atoms with Gasteiger partial charge in [0.1, 0.15) is 11.6 Å².